The van der Waals surface area contributed by atoms with E-state index in [1.807, 2.05) is 72.8 Å². The fraction of sp³-hybridized carbons (Fsp3) is 0.185. The topological polar surface area (TPSA) is 72.8 Å². The summed E-state index contributed by atoms with van der Waals surface area (Å²) < 4.78 is 11.3. The van der Waals surface area contributed by atoms with Crippen LogP contribution in [0.15, 0.2) is 84.9 Å². The molecule has 32 heavy (non-hydrogen) atoms. The molecule has 5 heteroatoms. The summed E-state index contributed by atoms with van der Waals surface area (Å²) in [6.45, 7) is 0.261. The van der Waals surface area contributed by atoms with E-state index in [1.54, 1.807) is 6.07 Å². The molecule has 0 saturated heterocycles. The lowest BCUT2D eigenvalue weighted by Gasteiger charge is -2.13. The highest BCUT2D eigenvalue weighted by Gasteiger charge is 2.44. The van der Waals surface area contributed by atoms with Crippen LogP contribution in [0.25, 0.3) is 5.76 Å². The Morgan fingerprint density at radius 3 is 2.50 bits per heavy atom. The number of carbonyl (C=O) groups excluding carboxylic acids is 1. The fourth-order valence-electron chi connectivity index (χ4n) is 3.91. The second kappa shape index (κ2) is 9.52. The lowest BCUT2D eigenvalue weighted by Crippen LogP contribution is -2.03. The summed E-state index contributed by atoms with van der Waals surface area (Å²) in [5.41, 5.74) is 3.33. The van der Waals surface area contributed by atoms with Crippen molar-refractivity contribution in [2.45, 2.75) is 18.9 Å². The SMILES string of the molecule is CO/C(=C\C(=O)O)c1ccccc1COc1cccc(C2CC2C(=O)c2ccccc2)c1. The molecule has 0 bridgehead atoms. The summed E-state index contributed by atoms with van der Waals surface area (Å²) in [5.74, 6) is 0.306. The first kappa shape index (κ1) is 21.4. The van der Waals surface area contributed by atoms with Crippen LogP contribution in [0.3, 0.4) is 0 Å². The number of hydrogen-bond acceptors (Lipinski definition) is 4. The number of ether oxygens (including phenoxy) is 2. The van der Waals surface area contributed by atoms with Gasteiger partial charge in [-0.15, -0.1) is 0 Å². The van der Waals surface area contributed by atoms with Crippen molar-refractivity contribution in [3.63, 3.8) is 0 Å². The average molecular weight is 428 g/mol. The van der Waals surface area contributed by atoms with E-state index in [0.29, 0.717) is 11.3 Å². The molecule has 4 rings (SSSR count). The molecule has 2 unspecified atom stereocenters. The van der Waals surface area contributed by atoms with Crippen LogP contribution in [0.1, 0.15) is 39.4 Å². The molecule has 1 saturated carbocycles. The van der Waals surface area contributed by atoms with Crippen molar-refractivity contribution in [3.8, 4) is 5.75 Å². The minimum absolute atomic E-state index is 0.0128. The molecule has 1 fully saturated rings. The third kappa shape index (κ3) is 4.89. The Labute approximate surface area is 186 Å². The molecule has 2 atom stereocenters. The van der Waals surface area contributed by atoms with Crippen molar-refractivity contribution < 1.29 is 24.2 Å². The number of rotatable bonds is 9. The van der Waals surface area contributed by atoms with Crippen LogP contribution in [-0.4, -0.2) is 24.0 Å². The summed E-state index contributed by atoms with van der Waals surface area (Å²) in [4.78, 5) is 23.8. The number of benzene rings is 3. The van der Waals surface area contributed by atoms with E-state index < -0.39 is 5.97 Å². The van der Waals surface area contributed by atoms with E-state index >= 15 is 0 Å². The zero-order chi connectivity index (χ0) is 22.5. The first-order valence-electron chi connectivity index (χ1n) is 10.5. The molecule has 0 aliphatic heterocycles. The maximum atomic E-state index is 12.7. The van der Waals surface area contributed by atoms with Gasteiger partial charge < -0.3 is 14.6 Å². The van der Waals surface area contributed by atoms with E-state index in [1.165, 1.54) is 7.11 Å². The number of methoxy groups -OCH3 is 1. The van der Waals surface area contributed by atoms with Crippen LogP contribution in [0.5, 0.6) is 5.75 Å². The lowest BCUT2D eigenvalue weighted by atomic mass is 10.0. The molecule has 1 aliphatic rings. The van der Waals surface area contributed by atoms with Gasteiger partial charge in [-0.3, -0.25) is 4.79 Å². The van der Waals surface area contributed by atoms with E-state index in [-0.39, 0.29) is 30.0 Å². The quantitative estimate of drug-likeness (QED) is 0.284. The van der Waals surface area contributed by atoms with Gasteiger partial charge in [-0.05, 0) is 30.0 Å². The van der Waals surface area contributed by atoms with Gasteiger partial charge >= 0.3 is 5.97 Å². The van der Waals surface area contributed by atoms with Crippen molar-refractivity contribution in [3.05, 3.63) is 107 Å². The van der Waals surface area contributed by atoms with E-state index in [2.05, 4.69) is 0 Å². The normalized spacial score (nSPS) is 17.5. The van der Waals surface area contributed by atoms with Gasteiger partial charge in [-0.25, -0.2) is 4.79 Å². The van der Waals surface area contributed by atoms with Crippen molar-refractivity contribution in [1.82, 2.24) is 0 Å². The van der Waals surface area contributed by atoms with Gasteiger partial charge in [0, 0.05) is 22.6 Å². The Bertz CT molecular complexity index is 1150. The number of aliphatic carboxylic acids is 1. The molecular formula is C27H24O5. The number of ketones is 1. The Morgan fingerprint density at radius 1 is 1.00 bits per heavy atom. The van der Waals surface area contributed by atoms with Gasteiger partial charge in [0.05, 0.1) is 13.2 Å². The second-order valence-electron chi connectivity index (χ2n) is 7.75. The highest BCUT2D eigenvalue weighted by molar-refractivity contribution is 6.00. The molecule has 1 N–H and O–H groups in total. The fourth-order valence-corrected chi connectivity index (χ4v) is 3.91. The maximum absolute atomic E-state index is 12.7. The summed E-state index contributed by atoms with van der Waals surface area (Å²) in [7, 11) is 1.44. The molecule has 0 aromatic heterocycles. The van der Waals surface area contributed by atoms with E-state index in [0.717, 1.165) is 29.2 Å². The van der Waals surface area contributed by atoms with Crippen molar-refractivity contribution in [1.29, 1.82) is 0 Å². The van der Waals surface area contributed by atoms with Gasteiger partial charge in [-0.1, -0.05) is 66.7 Å². The second-order valence-corrected chi connectivity index (χ2v) is 7.75. The van der Waals surface area contributed by atoms with Crippen LogP contribution >= 0.6 is 0 Å². The first-order valence-corrected chi connectivity index (χ1v) is 10.5. The van der Waals surface area contributed by atoms with Crippen LogP contribution in [0, 0.1) is 5.92 Å². The molecule has 0 spiro atoms. The van der Waals surface area contributed by atoms with E-state index in [9.17, 15) is 9.59 Å². The van der Waals surface area contributed by atoms with Crippen molar-refractivity contribution >= 4 is 17.5 Å². The largest absolute Gasteiger partial charge is 0.496 e. The van der Waals surface area contributed by atoms with Gasteiger partial charge in [0.1, 0.15) is 18.1 Å². The number of carboxylic acids is 1. The van der Waals surface area contributed by atoms with Crippen molar-refractivity contribution in [2.24, 2.45) is 5.92 Å². The zero-order valence-electron chi connectivity index (χ0n) is 17.7. The molecule has 5 nitrogen and oxygen atoms in total. The Kier molecular flexibility index (Phi) is 6.36. The minimum Gasteiger partial charge on any atom is -0.496 e. The monoisotopic (exact) mass is 428 g/mol. The van der Waals surface area contributed by atoms with Gasteiger partial charge in [-0.2, -0.15) is 0 Å². The number of hydrogen-bond donors (Lipinski definition) is 1. The molecular weight excluding hydrogens is 404 g/mol. The predicted octanol–water partition coefficient (Wildman–Crippen LogP) is 5.32. The predicted molar refractivity (Wildman–Crippen MR) is 121 cm³/mol. The Morgan fingerprint density at radius 2 is 1.75 bits per heavy atom. The smallest absolute Gasteiger partial charge is 0.332 e. The lowest BCUT2D eigenvalue weighted by molar-refractivity contribution is -0.131. The molecule has 1 aliphatic carbocycles. The third-order valence-corrected chi connectivity index (χ3v) is 5.62. The molecule has 0 radical (unpaired) electrons. The van der Waals surface area contributed by atoms with Crippen molar-refractivity contribution in [2.75, 3.05) is 7.11 Å². The molecule has 3 aromatic rings. The van der Waals surface area contributed by atoms with Gasteiger partial charge in [0.2, 0.25) is 0 Å². The molecule has 3 aromatic carbocycles. The average Bonchev–Trinajstić information content (AvgIpc) is 3.63. The minimum atomic E-state index is -1.07. The van der Waals surface area contributed by atoms with E-state index in [4.69, 9.17) is 14.6 Å². The van der Waals surface area contributed by atoms with Crippen LogP contribution < -0.4 is 4.74 Å². The molecule has 0 amide bonds. The summed E-state index contributed by atoms with van der Waals surface area (Å²) in [6.07, 6.45) is 1.88. The number of carboxylic acid groups (broad SMARTS) is 1. The summed E-state index contributed by atoms with van der Waals surface area (Å²) in [6, 6.07) is 24.6. The summed E-state index contributed by atoms with van der Waals surface area (Å²) in [5, 5.41) is 9.09. The van der Waals surface area contributed by atoms with Gasteiger partial charge in [0.15, 0.2) is 5.78 Å². The molecule has 162 valence electrons. The highest BCUT2D eigenvalue weighted by Crippen LogP contribution is 2.49. The Balaban J connectivity index is 1.45. The number of carbonyl (C=O) groups is 2. The first-order chi connectivity index (χ1) is 15.6. The summed E-state index contributed by atoms with van der Waals surface area (Å²) >= 11 is 0. The Hall–Kier alpha value is -3.86. The van der Waals surface area contributed by atoms with Crippen LogP contribution in [0.4, 0.5) is 0 Å². The standard InChI is InChI=1S/C27H24O5/c1-31-25(16-26(28)29)22-13-6-5-10-20(22)17-32-21-12-7-11-19(14-21)23-15-24(23)27(30)18-8-3-2-4-9-18/h2-14,16,23-24H,15,17H2,1H3,(H,28,29)/b25-16-. The van der Waals surface area contributed by atoms with Crippen LogP contribution in [-0.2, 0) is 16.1 Å². The third-order valence-electron chi connectivity index (χ3n) is 5.62. The van der Waals surface area contributed by atoms with Gasteiger partial charge in [0.25, 0.3) is 0 Å². The number of Topliss-reactive ketones (excluding diaryl/α,β-unsaturated/α-hetero) is 1. The zero-order valence-corrected chi connectivity index (χ0v) is 17.7. The highest BCUT2D eigenvalue weighted by atomic mass is 16.5. The maximum Gasteiger partial charge on any atom is 0.332 e. The van der Waals surface area contributed by atoms with Crippen LogP contribution in [0.2, 0.25) is 0 Å². The molecule has 0 heterocycles.